The molecule has 2 rings (SSSR count). The Hall–Kier alpha value is -2.09. The Morgan fingerprint density at radius 2 is 1.76 bits per heavy atom. The fourth-order valence-electron chi connectivity index (χ4n) is 1.66. The van der Waals surface area contributed by atoms with Gasteiger partial charge < -0.3 is 0 Å². The second-order valence-electron chi connectivity index (χ2n) is 4.32. The van der Waals surface area contributed by atoms with Crippen molar-refractivity contribution in [2.75, 3.05) is 4.72 Å². The molecule has 1 aromatic heterocycles. The lowest BCUT2D eigenvalue weighted by molar-refractivity contribution is -0.139. The predicted molar refractivity (Wildman–Crippen MR) is 71.2 cm³/mol. The van der Waals surface area contributed by atoms with Gasteiger partial charge in [0, 0.05) is 6.20 Å². The van der Waals surface area contributed by atoms with Crippen LogP contribution in [-0.4, -0.2) is 13.4 Å². The summed E-state index contributed by atoms with van der Waals surface area (Å²) in [4.78, 5) is 2.98. The van der Waals surface area contributed by atoms with Crippen LogP contribution in [0.1, 0.15) is 11.1 Å². The maximum atomic E-state index is 12.9. The SMILES string of the molecule is Cc1ccc(NS(=O)(=O)c2ccccc2C(F)(F)F)nc1. The number of rotatable bonds is 3. The molecule has 112 valence electrons. The van der Waals surface area contributed by atoms with Crippen LogP contribution < -0.4 is 4.72 Å². The number of pyridine rings is 1. The molecule has 0 saturated carbocycles. The van der Waals surface area contributed by atoms with Gasteiger partial charge in [-0.2, -0.15) is 13.2 Å². The Labute approximate surface area is 119 Å². The molecule has 0 aliphatic rings. The van der Waals surface area contributed by atoms with Crippen LogP contribution in [0.4, 0.5) is 19.0 Å². The van der Waals surface area contributed by atoms with Crippen LogP contribution in [0.5, 0.6) is 0 Å². The molecule has 0 aliphatic carbocycles. The molecule has 0 bridgehead atoms. The summed E-state index contributed by atoms with van der Waals surface area (Å²) in [6.07, 6.45) is -3.35. The van der Waals surface area contributed by atoms with Gasteiger partial charge in [0.1, 0.15) is 5.82 Å². The number of hydrogen-bond donors (Lipinski definition) is 1. The number of nitrogens with zero attached hydrogens (tertiary/aromatic N) is 1. The van der Waals surface area contributed by atoms with E-state index < -0.39 is 26.7 Å². The third-order valence-electron chi connectivity index (χ3n) is 2.63. The van der Waals surface area contributed by atoms with E-state index in [4.69, 9.17) is 0 Å². The van der Waals surface area contributed by atoms with Crippen molar-refractivity contribution in [3.05, 3.63) is 53.7 Å². The van der Waals surface area contributed by atoms with Crippen molar-refractivity contribution in [3.8, 4) is 0 Å². The van der Waals surface area contributed by atoms with E-state index in [0.717, 1.165) is 23.8 Å². The first kappa shape index (κ1) is 15.3. The lowest BCUT2D eigenvalue weighted by Crippen LogP contribution is -2.19. The monoisotopic (exact) mass is 316 g/mol. The lowest BCUT2D eigenvalue weighted by atomic mass is 10.2. The molecule has 0 unspecified atom stereocenters. The van der Waals surface area contributed by atoms with Gasteiger partial charge in [0.05, 0.1) is 10.5 Å². The van der Waals surface area contributed by atoms with Gasteiger partial charge in [-0.15, -0.1) is 0 Å². The van der Waals surface area contributed by atoms with Gasteiger partial charge in [-0.3, -0.25) is 4.72 Å². The Bertz CT molecular complexity index is 741. The Balaban J connectivity index is 2.43. The normalized spacial score (nSPS) is 12.2. The number of aryl methyl sites for hydroxylation is 1. The molecular formula is C13H11F3N2O2S. The average molecular weight is 316 g/mol. The van der Waals surface area contributed by atoms with E-state index in [1.54, 1.807) is 13.0 Å². The summed E-state index contributed by atoms with van der Waals surface area (Å²) in [6, 6.07) is 6.96. The van der Waals surface area contributed by atoms with E-state index in [0.29, 0.717) is 0 Å². The zero-order valence-electron chi connectivity index (χ0n) is 10.8. The third-order valence-corrected chi connectivity index (χ3v) is 4.05. The van der Waals surface area contributed by atoms with Crippen LogP contribution in [0, 0.1) is 6.92 Å². The molecule has 21 heavy (non-hydrogen) atoms. The van der Waals surface area contributed by atoms with Gasteiger partial charge in [0.2, 0.25) is 0 Å². The minimum atomic E-state index is -4.76. The van der Waals surface area contributed by atoms with E-state index in [1.165, 1.54) is 18.3 Å². The molecule has 0 spiro atoms. The second kappa shape index (κ2) is 5.36. The van der Waals surface area contributed by atoms with E-state index in [1.807, 2.05) is 4.72 Å². The first-order valence-corrected chi connectivity index (χ1v) is 7.30. The molecule has 0 radical (unpaired) electrons. The predicted octanol–water partition coefficient (Wildman–Crippen LogP) is 3.21. The number of benzene rings is 1. The summed E-state index contributed by atoms with van der Waals surface area (Å²) in [5.74, 6) is -0.0439. The Morgan fingerprint density at radius 3 is 2.33 bits per heavy atom. The summed E-state index contributed by atoms with van der Waals surface area (Å²) in [7, 11) is -4.37. The van der Waals surface area contributed by atoms with E-state index >= 15 is 0 Å². The molecule has 1 aromatic carbocycles. The molecule has 4 nitrogen and oxygen atoms in total. The van der Waals surface area contributed by atoms with Gasteiger partial charge in [0.25, 0.3) is 10.0 Å². The minimum absolute atomic E-state index is 0.0439. The molecule has 1 heterocycles. The summed E-state index contributed by atoms with van der Waals surface area (Å²) >= 11 is 0. The first-order chi connectivity index (χ1) is 9.70. The third kappa shape index (κ3) is 3.52. The molecule has 0 aliphatic heterocycles. The van der Waals surface area contributed by atoms with Crippen molar-refractivity contribution in [1.29, 1.82) is 0 Å². The zero-order valence-corrected chi connectivity index (χ0v) is 11.7. The fourth-order valence-corrected chi connectivity index (χ4v) is 2.89. The van der Waals surface area contributed by atoms with Gasteiger partial charge >= 0.3 is 6.18 Å². The highest BCUT2D eigenvalue weighted by Crippen LogP contribution is 2.34. The average Bonchev–Trinajstić information content (AvgIpc) is 2.40. The lowest BCUT2D eigenvalue weighted by Gasteiger charge is -2.13. The van der Waals surface area contributed by atoms with Crippen LogP contribution >= 0.6 is 0 Å². The van der Waals surface area contributed by atoms with Gasteiger partial charge in [0.15, 0.2) is 0 Å². The van der Waals surface area contributed by atoms with Crippen LogP contribution in [0.15, 0.2) is 47.5 Å². The molecule has 0 atom stereocenters. The molecule has 0 saturated heterocycles. The summed E-state index contributed by atoms with van der Waals surface area (Å²) in [5.41, 5.74) is -0.418. The zero-order chi connectivity index (χ0) is 15.7. The number of aromatic nitrogens is 1. The first-order valence-electron chi connectivity index (χ1n) is 5.82. The van der Waals surface area contributed by atoms with E-state index in [-0.39, 0.29) is 5.82 Å². The Kier molecular flexibility index (Phi) is 3.91. The molecular weight excluding hydrogens is 305 g/mol. The van der Waals surface area contributed by atoms with Crippen LogP contribution in [0.25, 0.3) is 0 Å². The number of sulfonamides is 1. The maximum absolute atomic E-state index is 12.9. The van der Waals surface area contributed by atoms with E-state index in [9.17, 15) is 21.6 Å². The number of alkyl halides is 3. The largest absolute Gasteiger partial charge is 0.417 e. The second-order valence-corrected chi connectivity index (χ2v) is 5.97. The summed E-state index contributed by atoms with van der Waals surface area (Å²) < 4.78 is 64.8. The number of anilines is 1. The van der Waals surface area contributed by atoms with Gasteiger partial charge in [-0.25, -0.2) is 13.4 Å². The number of halogens is 3. The van der Waals surface area contributed by atoms with Crippen molar-refractivity contribution >= 4 is 15.8 Å². The van der Waals surface area contributed by atoms with E-state index in [2.05, 4.69) is 4.98 Å². The molecule has 0 fully saturated rings. The highest BCUT2D eigenvalue weighted by Gasteiger charge is 2.36. The van der Waals surface area contributed by atoms with Gasteiger partial charge in [-0.05, 0) is 30.7 Å². The maximum Gasteiger partial charge on any atom is 0.417 e. The Morgan fingerprint density at radius 1 is 1.10 bits per heavy atom. The summed E-state index contributed by atoms with van der Waals surface area (Å²) in [5, 5.41) is 0. The van der Waals surface area contributed by atoms with Crippen LogP contribution in [0.2, 0.25) is 0 Å². The summed E-state index contributed by atoms with van der Waals surface area (Å²) in [6.45, 7) is 1.75. The van der Waals surface area contributed by atoms with Crippen molar-refractivity contribution in [3.63, 3.8) is 0 Å². The van der Waals surface area contributed by atoms with Crippen molar-refractivity contribution in [1.82, 2.24) is 4.98 Å². The number of nitrogens with one attached hydrogen (secondary N) is 1. The molecule has 0 amide bonds. The van der Waals surface area contributed by atoms with Crippen LogP contribution in [-0.2, 0) is 16.2 Å². The van der Waals surface area contributed by atoms with Crippen molar-refractivity contribution in [2.45, 2.75) is 18.0 Å². The quantitative estimate of drug-likeness (QED) is 0.946. The topological polar surface area (TPSA) is 59.1 Å². The molecule has 1 N–H and O–H groups in total. The molecule has 2 aromatic rings. The standard InChI is InChI=1S/C13H11F3N2O2S/c1-9-6-7-12(17-8-9)18-21(19,20)11-5-3-2-4-10(11)13(14,15)16/h2-8H,1H3,(H,17,18). The van der Waals surface area contributed by atoms with Crippen molar-refractivity contribution in [2.24, 2.45) is 0 Å². The molecule has 8 heteroatoms. The van der Waals surface area contributed by atoms with Crippen molar-refractivity contribution < 1.29 is 21.6 Å². The smallest absolute Gasteiger partial charge is 0.263 e. The fraction of sp³-hybridized carbons (Fsp3) is 0.154. The highest BCUT2D eigenvalue weighted by molar-refractivity contribution is 7.92. The van der Waals surface area contributed by atoms with Gasteiger partial charge in [-0.1, -0.05) is 18.2 Å². The number of hydrogen-bond acceptors (Lipinski definition) is 3. The highest BCUT2D eigenvalue weighted by atomic mass is 32.2. The van der Waals surface area contributed by atoms with Crippen LogP contribution in [0.3, 0.4) is 0 Å². The minimum Gasteiger partial charge on any atom is -0.263 e.